The maximum absolute atomic E-state index is 2.48. The third-order valence-corrected chi connectivity index (χ3v) is 10.2. The van der Waals surface area contributed by atoms with Crippen LogP contribution in [0.5, 0.6) is 0 Å². The number of anilines is 3. The number of benzene rings is 7. The quantitative estimate of drug-likeness (QED) is 0.185. The highest BCUT2D eigenvalue weighted by atomic mass is 15.1. The molecule has 0 unspecified atom stereocenters. The van der Waals surface area contributed by atoms with Crippen molar-refractivity contribution in [2.45, 2.75) is 45.4 Å². The Bertz CT molecular complexity index is 2280. The smallest absolute Gasteiger partial charge is 0.0546 e. The number of hydrogen-bond acceptors (Lipinski definition) is 1. The Hall–Kier alpha value is -5.40. The Morgan fingerprint density at radius 3 is 1.83 bits per heavy atom. The molecule has 8 rings (SSSR count). The van der Waals surface area contributed by atoms with Crippen molar-refractivity contribution in [3.63, 3.8) is 0 Å². The lowest BCUT2D eigenvalue weighted by molar-refractivity contribution is 0.590. The van der Waals surface area contributed by atoms with Crippen molar-refractivity contribution >= 4 is 27.8 Å². The van der Waals surface area contributed by atoms with E-state index in [0.717, 1.165) is 17.1 Å². The predicted octanol–water partition coefficient (Wildman–Crippen LogP) is 13.2. The van der Waals surface area contributed by atoms with Gasteiger partial charge in [-0.25, -0.2) is 0 Å². The van der Waals surface area contributed by atoms with Crippen LogP contribution in [0.1, 0.15) is 51.3 Å². The van der Waals surface area contributed by atoms with Crippen molar-refractivity contribution < 1.29 is 0 Å². The second-order valence-corrected chi connectivity index (χ2v) is 14.6. The van der Waals surface area contributed by atoms with Crippen molar-refractivity contribution in [3.05, 3.63) is 174 Å². The molecule has 0 bridgehead atoms. The maximum atomic E-state index is 2.48. The molecule has 0 heterocycles. The fraction of sp³-hybridized carbons (Fsp3) is 0.149. The maximum Gasteiger partial charge on any atom is 0.0546 e. The van der Waals surface area contributed by atoms with E-state index in [1.54, 1.807) is 0 Å². The number of rotatable bonds is 5. The summed E-state index contributed by atoms with van der Waals surface area (Å²) >= 11 is 0. The first kappa shape index (κ1) is 30.0. The molecule has 0 atom stereocenters. The molecule has 1 aliphatic carbocycles. The molecule has 0 saturated heterocycles. The summed E-state index contributed by atoms with van der Waals surface area (Å²) < 4.78 is 0. The monoisotopic (exact) mass is 619 g/mol. The van der Waals surface area contributed by atoms with Gasteiger partial charge >= 0.3 is 0 Å². The molecule has 48 heavy (non-hydrogen) atoms. The van der Waals surface area contributed by atoms with Crippen LogP contribution in [-0.4, -0.2) is 0 Å². The van der Waals surface area contributed by atoms with Crippen LogP contribution >= 0.6 is 0 Å². The second-order valence-electron chi connectivity index (χ2n) is 14.6. The minimum Gasteiger partial charge on any atom is -0.310 e. The first-order chi connectivity index (χ1) is 23.2. The highest BCUT2D eigenvalue weighted by Gasteiger charge is 2.36. The summed E-state index contributed by atoms with van der Waals surface area (Å²) in [6, 6.07) is 58.2. The van der Waals surface area contributed by atoms with Gasteiger partial charge in [0.1, 0.15) is 0 Å². The molecular weight excluding hydrogens is 579 g/mol. The molecule has 0 radical (unpaired) electrons. The van der Waals surface area contributed by atoms with Crippen molar-refractivity contribution in [2.75, 3.05) is 4.90 Å². The second kappa shape index (κ2) is 11.4. The normalized spacial score (nSPS) is 13.3. The van der Waals surface area contributed by atoms with E-state index in [9.17, 15) is 0 Å². The molecule has 1 heteroatoms. The summed E-state index contributed by atoms with van der Waals surface area (Å²) in [5.41, 5.74) is 15.1. The molecule has 7 aromatic rings. The van der Waals surface area contributed by atoms with Crippen LogP contribution in [0.2, 0.25) is 0 Å². The van der Waals surface area contributed by atoms with E-state index in [4.69, 9.17) is 0 Å². The molecule has 0 saturated carbocycles. The van der Waals surface area contributed by atoms with Crippen molar-refractivity contribution in [1.29, 1.82) is 0 Å². The van der Waals surface area contributed by atoms with Crippen LogP contribution in [0, 0.1) is 0 Å². The fourth-order valence-electron chi connectivity index (χ4n) is 7.67. The van der Waals surface area contributed by atoms with Gasteiger partial charge in [-0.05, 0) is 91.0 Å². The molecule has 0 spiro atoms. The number of fused-ring (bicyclic) bond motifs is 4. The van der Waals surface area contributed by atoms with Gasteiger partial charge in [0.2, 0.25) is 0 Å². The van der Waals surface area contributed by atoms with Crippen LogP contribution in [-0.2, 0) is 10.8 Å². The van der Waals surface area contributed by atoms with Gasteiger partial charge in [-0.1, -0.05) is 162 Å². The Morgan fingerprint density at radius 2 is 1.08 bits per heavy atom. The Balaban J connectivity index is 1.42. The summed E-state index contributed by atoms with van der Waals surface area (Å²) in [7, 11) is 0. The van der Waals surface area contributed by atoms with Crippen LogP contribution < -0.4 is 4.90 Å². The molecular formula is C47H41N. The molecule has 0 fully saturated rings. The minimum absolute atomic E-state index is 0.0649. The molecule has 0 aliphatic heterocycles. The van der Waals surface area contributed by atoms with Gasteiger partial charge in [-0.2, -0.15) is 0 Å². The predicted molar refractivity (Wildman–Crippen MR) is 206 cm³/mol. The fourth-order valence-corrected chi connectivity index (χ4v) is 7.67. The van der Waals surface area contributed by atoms with E-state index in [-0.39, 0.29) is 10.8 Å². The molecule has 0 amide bonds. The Kier molecular flexibility index (Phi) is 7.11. The van der Waals surface area contributed by atoms with E-state index in [1.165, 1.54) is 60.8 Å². The molecule has 1 nitrogen and oxygen atoms in total. The summed E-state index contributed by atoms with van der Waals surface area (Å²) in [6.07, 6.45) is 0. The van der Waals surface area contributed by atoms with Crippen LogP contribution in [0.4, 0.5) is 17.1 Å². The van der Waals surface area contributed by atoms with Gasteiger partial charge in [0.15, 0.2) is 0 Å². The zero-order valence-electron chi connectivity index (χ0n) is 28.5. The molecule has 7 aromatic carbocycles. The standard InChI is InChI=1S/C47H41N/c1-46(2,3)34-24-26-35(27-25-34)48(36-28-29-40-39-20-13-14-22-42(39)47(4,5)43(40)31-36)44-30-23-33-17-9-10-19-38(33)45(44)41-21-12-11-18-37(41)32-15-7-6-8-16-32/h6-31H,1-5H3. The van der Waals surface area contributed by atoms with Crippen LogP contribution in [0.25, 0.3) is 44.2 Å². The zero-order valence-corrected chi connectivity index (χ0v) is 28.5. The lowest BCUT2D eigenvalue weighted by atomic mass is 9.82. The SMILES string of the molecule is CC(C)(C)c1ccc(N(c2ccc3c(c2)C(C)(C)c2ccccc2-3)c2ccc3ccccc3c2-c2ccccc2-c2ccccc2)cc1. The average molecular weight is 620 g/mol. The highest BCUT2D eigenvalue weighted by Crippen LogP contribution is 2.52. The number of nitrogens with zero attached hydrogens (tertiary/aromatic N) is 1. The molecule has 0 aromatic heterocycles. The minimum atomic E-state index is -0.101. The summed E-state index contributed by atoms with van der Waals surface area (Å²) in [4.78, 5) is 2.48. The summed E-state index contributed by atoms with van der Waals surface area (Å²) in [5, 5.41) is 2.47. The Labute approximate surface area is 285 Å². The van der Waals surface area contributed by atoms with Gasteiger partial charge < -0.3 is 4.90 Å². The summed E-state index contributed by atoms with van der Waals surface area (Å²) in [6.45, 7) is 11.6. The topological polar surface area (TPSA) is 3.24 Å². The van der Waals surface area contributed by atoms with E-state index >= 15 is 0 Å². The largest absolute Gasteiger partial charge is 0.310 e. The average Bonchev–Trinajstić information content (AvgIpc) is 3.34. The van der Waals surface area contributed by atoms with Crippen molar-refractivity contribution in [2.24, 2.45) is 0 Å². The van der Waals surface area contributed by atoms with Crippen LogP contribution in [0.3, 0.4) is 0 Å². The van der Waals surface area contributed by atoms with Gasteiger partial charge in [-0.15, -0.1) is 0 Å². The van der Waals surface area contributed by atoms with E-state index in [1.807, 2.05) is 0 Å². The van der Waals surface area contributed by atoms with Crippen LogP contribution in [0.15, 0.2) is 158 Å². The van der Waals surface area contributed by atoms with E-state index < -0.39 is 0 Å². The summed E-state index contributed by atoms with van der Waals surface area (Å²) in [5.74, 6) is 0. The molecule has 1 aliphatic rings. The highest BCUT2D eigenvalue weighted by molar-refractivity contribution is 6.08. The molecule has 0 N–H and O–H groups in total. The first-order valence-corrected chi connectivity index (χ1v) is 17.0. The van der Waals surface area contributed by atoms with Gasteiger partial charge in [0.05, 0.1) is 5.69 Å². The van der Waals surface area contributed by atoms with Gasteiger partial charge in [0.25, 0.3) is 0 Å². The van der Waals surface area contributed by atoms with Gasteiger partial charge in [-0.3, -0.25) is 0 Å². The molecule has 234 valence electrons. The number of hydrogen-bond donors (Lipinski definition) is 0. The zero-order chi connectivity index (χ0) is 33.0. The van der Waals surface area contributed by atoms with E-state index in [2.05, 4.69) is 197 Å². The van der Waals surface area contributed by atoms with E-state index in [0.29, 0.717) is 0 Å². The van der Waals surface area contributed by atoms with Crippen molar-refractivity contribution in [3.8, 4) is 33.4 Å². The van der Waals surface area contributed by atoms with Gasteiger partial charge in [0, 0.05) is 22.4 Å². The third-order valence-electron chi connectivity index (χ3n) is 10.2. The lowest BCUT2D eigenvalue weighted by Gasteiger charge is -2.31. The van der Waals surface area contributed by atoms with Crippen molar-refractivity contribution in [1.82, 2.24) is 0 Å². The first-order valence-electron chi connectivity index (χ1n) is 17.0. The lowest BCUT2D eigenvalue weighted by Crippen LogP contribution is -2.17. The third kappa shape index (κ3) is 4.93. The Morgan fingerprint density at radius 1 is 0.479 bits per heavy atom.